The van der Waals surface area contributed by atoms with E-state index in [0.717, 1.165) is 23.0 Å². The van der Waals surface area contributed by atoms with Gasteiger partial charge in [-0.3, -0.25) is 4.79 Å². The number of aryl methyl sites for hydroxylation is 1. The molecule has 1 aromatic carbocycles. The first-order valence-corrected chi connectivity index (χ1v) is 7.02. The van der Waals surface area contributed by atoms with Crippen molar-refractivity contribution in [2.24, 2.45) is 5.92 Å². The van der Waals surface area contributed by atoms with Gasteiger partial charge in [0.1, 0.15) is 0 Å². The molecule has 2 unspecified atom stereocenters. The molecule has 1 saturated heterocycles. The van der Waals surface area contributed by atoms with E-state index in [4.69, 9.17) is 0 Å². The van der Waals surface area contributed by atoms with Crippen LogP contribution in [0.4, 0.5) is 0 Å². The van der Waals surface area contributed by atoms with Crippen molar-refractivity contribution in [1.29, 1.82) is 0 Å². The van der Waals surface area contributed by atoms with Gasteiger partial charge >= 0.3 is 0 Å². The summed E-state index contributed by atoms with van der Waals surface area (Å²) in [6.07, 6.45) is 0.959. The van der Waals surface area contributed by atoms with Gasteiger partial charge < -0.3 is 10.0 Å². The van der Waals surface area contributed by atoms with Gasteiger partial charge in [-0.15, -0.1) is 0 Å². The van der Waals surface area contributed by atoms with E-state index in [1.807, 2.05) is 25.1 Å². The molecule has 4 heteroatoms. The van der Waals surface area contributed by atoms with Gasteiger partial charge in [0, 0.05) is 11.0 Å². The highest BCUT2D eigenvalue weighted by atomic mass is 79.9. The Labute approximate surface area is 116 Å². The topological polar surface area (TPSA) is 40.5 Å². The number of carbonyl (C=O) groups is 1. The fraction of sp³-hybridized carbons (Fsp3) is 0.500. The lowest BCUT2D eigenvalue weighted by molar-refractivity contribution is 0.0647. The number of likely N-dealkylation sites (tertiary alicyclic amines) is 1. The second kappa shape index (κ2) is 5.41. The van der Waals surface area contributed by atoms with Crippen LogP contribution in [0.3, 0.4) is 0 Å². The van der Waals surface area contributed by atoms with Crippen molar-refractivity contribution in [1.82, 2.24) is 4.90 Å². The molecule has 1 amide bonds. The van der Waals surface area contributed by atoms with Crippen LogP contribution in [0.5, 0.6) is 0 Å². The van der Waals surface area contributed by atoms with Gasteiger partial charge in [-0.2, -0.15) is 0 Å². The molecule has 3 nitrogen and oxygen atoms in total. The van der Waals surface area contributed by atoms with Crippen LogP contribution < -0.4 is 0 Å². The first kappa shape index (κ1) is 13.6. The van der Waals surface area contributed by atoms with Gasteiger partial charge in [0.15, 0.2) is 0 Å². The number of carbonyl (C=O) groups excluding carboxylic acids is 1. The minimum Gasteiger partial charge on any atom is -0.394 e. The number of amides is 1. The third-order valence-corrected chi connectivity index (χ3v) is 4.37. The summed E-state index contributed by atoms with van der Waals surface area (Å²) in [5, 5.41) is 9.42. The molecule has 0 bridgehead atoms. The summed E-state index contributed by atoms with van der Waals surface area (Å²) >= 11 is 3.43. The van der Waals surface area contributed by atoms with Crippen molar-refractivity contribution in [2.45, 2.75) is 26.3 Å². The number of hydrogen-bond donors (Lipinski definition) is 1. The number of rotatable bonds is 2. The molecule has 2 atom stereocenters. The van der Waals surface area contributed by atoms with Crippen LogP contribution in [0.2, 0.25) is 0 Å². The van der Waals surface area contributed by atoms with Gasteiger partial charge in [0.05, 0.1) is 18.2 Å². The quantitative estimate of drug-likeness (QED) is 0.912. The number of aliphatic hydroxyl groups excluding tert-OH is 1. The van der Waals surface area contributed by atoms with Gasteiger partial charge in [-0.1, -0.05) is 18.6 Å². The summed E-state index contributed by atoms with van der Waals surface area (Å²) in [6.45, 7) is 4.82. The average molecular weight is 312 g/mol. The lowest BCUT2D eigenvalue weighted by atomic mass is 10.0. The molecule has 1 N–H and O–H groups in total. The van der Waals surface area contributed by atoms with E-state index in [1.54, 1.807) is 4.90 Å². The van der Waals surface area contributed by atoms with Crippen molar-refractivity contribution in [3.63, 3.8) is 0 Å². The number of nitrogens with zero attached hydrogens (tertiary/aromatic N) is 1. The van der Waals surface area contributed by atoms with Gasteiger partial charge in [-0.05, 0) is 47.3 Å². The number of aliphatic hydroxyl groups is 1. The molecule has 0 saturated carbocycles. The smallest absolute Gasteiger partial charge is 0.255 e. The van der Waals surface area contributed by atoms with Crippen LogP contribution in [0.25, 0.3) is 0 Å². The molecule has 1 fully saturated rings. The molecule has 1 aliphatic rings. The molecule has 98 valence electrons. The van der Waals surface area contributed by atoms with Crippen LogP contribution in [0.15, 0.2) is 22.7 Å². The molecular weight excluding hydrogens is 294 g/mol. The third kappa shape index (κ3) is 2.45. The Kier molecular flexibility index (Phi) is 4.07. The normalized spacial score (nSPS) is 23.4. The summed E-state index contributed by atoms with van der Waals surface area (Å²) in [7, 11) is 0. The van der Waals surface area contributed by atoms with Crippen LogP contribution in [0, 0.1) is 12.8 Å². The molecule has 18 heavy (non-hydrogen) atoms. The lowest BCUT2D eigenvalue weighted by Gasteiger charge is -2.25. The largest absolute Gasteiger partial charge is 0.394 e. The molecule has 0 spiro atoms. The predicted molar refractivity (Wildman–Crippen MR) is 74.6 cm³/mol. The Hall–Kier alpha value is -0.870. The average Bonchev–Trinajstić information content (AvgIpc) is 2.72. The third-order valence-electron chi connectivity index (χ3n) is 3.68. The first-order chi connectivity index (χ1) is 8.54. The Balaban J connectivity index is 2.28. The maximum atomic E-state index is 12.5. The van der Waals surface area contributed by atoms with E-state index in [0.29, 0.717) is 11.5 Å². The fourth-order valence-corrected chi connectivity index (χ4v) is 2.91. The Morgan fingerprint density at radius 2 is 2.28 bits per heavy atom. The first-order valence-electron chi connectivity index (χ1n) is 6.22. The number of halogens is 1. The Bertz CT molecular complexity index is 461. The van der Waals surface area contributed by atoms with E-state index in [9.17, 15) is 9.90 Å². The Morgan fingerprint density at radius 1 is 1.56 bits per heavy atom. The van der Waals surface area contributed by atoms with E-state index in [2.05, 4.69) is 22.9 Å². The Morgan fingerprint density at radius 3 is 2.94 bits per heavy atom. The highest BCUT2D eigenvalue weighted by molar-refractivity contribution is 9.10. The van der Waals surface area contributed by atoms with Crippen molar-refractivity contribution >= 4 is 21.8 Å². The van der Waals surface area contributed by atoms with Crippen LogP contribution in [-0.2, 0) is 0 Å². The second-order valence-electron chi connectivity index (χ2n) is 5.00. The highest BCUT2D eigenvalue weighted by Gasteiger charge is 2.34. The van der Waals surface area contributed by atoms with E-state index in [-0.39, 0.29) is 18.6 Å². The molecule has 0 radical (unpaired) electrons. The predicted octanol–water partition coefficient (Wildman–Crippen LogP) is 2.60. The zero-order valence-electron chi connectivity index (χ0n) is 10.7. The molecular formula is C14H18BrNO2. The molecule has 0 aliphatic carbocycles. The minimum absolute atomic E-state index is 0.00831. The van der Waals surface area contributed by atoms with E-state index in [1.165, 1.54) is 0 Å². The maximum Gasteiger partial charge on any atom is 0.255 e. The summed E-state index contributed by atoms with van der Waals surface area (Å²) in [5.41, 5.74) is 1.75. The molecule has 0 aromatic heterocycles. The summed E-state index contributed by atoms with van der Waals surface area (Å²) in [4.78, 5) is 14.3. The highest BCUT2D eigenvalue weighted by Crippen LogP contribution is 2.28. The van der Waals surface area contributed by atoms with Crippen molar-refractivity contribution in [3.8, 4) is 0 Å². The number of hydrogen-bond acceptors (Lipinski definition) is 2. The zero-order chi connectivity index (χ0) is 13.3. The standard InChI is InChI=1S/C14H18BrNO2/c1-9-3-4-12(15)11(7-9)14(18)16-6-5-10(2)13(16)8-17/h3-4,7,10,13,17H,5-6,8H2,1-2H3. The van der Waals surface area contributed by atoms with Crippen molar-refractivity contribution < 1.29 is 9.90 Å². The minimum atomic E-state index is -0.0510. The van der Waals surface area contributed by atoms with E-state index < -0.39 is 0 Å². The van der Waals surface area contributed by atoms with Gasteiger partial charge in [-0.25, -0.2) is 0 Å². The summed E-state index contributed by atoms with van der Waals surface area (Å²) in [6, 6.07) is 5.71. The summed E-state index contributed by atoms with van der Waals surface area (Å²) < 4.78 is 0.814. The van der Waals surface area contributed by atoms with Gasteiger partial charge in [0.25, 0.3) is 5.91 Å². The van der Waals surface area contributed by atoms with Crippen LogP contribution in [-0.4, -0.2) is 35.1 Å². The van der Waals surface area contributed by atoms with E-state index >= 15 is 0 Å². The van der Waals surface area contributed by atoms with Gasteiger partial charge in [0.2, 0.25) is 0 Å². The zero-order valence-corrected chi connectivity index (χ0v) is 12.3. The van der Waals surface area contributed by atoms with Crippen molar-refractivity contribution in [3.05, 3.63) is 33.8 Å². The molecule has 2 rings (SSSR count). The second-order valence-corrected chi connectivity index (χ2v) is 5.85. The number of benzene rings is 1. The lowest BCUT2D eigenvalue weighted by Crippen LogP contribution is -2.40. The van der Waals surface area contributed by atoms with Crippen molar-refractivity contribution in [2.75, 3.05) is 13.2 Å². The summed E-state index contributed by atoms with van der Waals surface area (Å²) in [5.74, 6) is 0.372. The van der Waals surface area contributed by atoms with Crippen LogP contribution >= 0.6 is 15.9 Å². The molecule has 1 aromatic rings. The monoisotopic (exact) mass is 311 g/mol. The van der Waals surface area contributed by atoms with Crippen LogP contribution in [0.1, 0.15) is 29.3 Å². The maximum absolute atomic E-state index is 12.5. The SMILES string of the molecule is Cc1ccc(Br)c(C(=O)N2CCC(C)C2CO)c1. The fourth-order valence-electron chi connectivity index (χ4n) is 2.50. The molecule has 1 heterocycles. The molecule has 1 aliphatic heterocycles.